The van der Waals surface area contributed by atoms with Gasteiger partial charge in [-0.15, -0.1) is 0 Å². The van der Waals surface area contributed by atoms with Crippen molar-refractivity contribution in [2.75, 3.05) is 26.3 Å². The summed E-state index contributed by atoms with van der Waals surface area (Å²) in [5, 5.41) is 10.7. The number of carbonyl (C=O) groups excluding carboxylic acids is 1. The molecule has 1 amide bonds. The molecule has 2 rings (SSSR count). The van der Waals surface area contributed by atoms with Crippen molar-refractivity contribution in [2.24, 2.45) is 0 Å². The van der Waals surface area contributed by atoms with Crippen molar-refractivity contribution < 1.29 is 14.5 Å². The Morgan fingerprint density at radius 3 is 2.78 bits per heavy atom. The number of hydrogen-bond donors (Lipinski definition) is 0. The van der Waals surface area contributed by atoms with E-state index in [1.165, 1.54) is 6.07 Å². The van der Waals surface area contributed by atoms with Crippen LogP contribution in [0.3, 0.4) is 0 Å². The van der Waals surface area contributed by atoms with E-state index in [-0.39, 0.29) is 17.2 Å². The number of amides is 1. The number of carbonyl (C=O) groups is 1. The lowest BCUT2D eigenvalue weighted by Crippen LogP contribution is -2.41. The van der Waals surface area contributed by atoms with Crippen LogP contribution in [-0.4, -0.2) is 47.0 Å². The third kappa shape index (κ3) is 2.45. The average molecular weight is 251 g/mol. The molecule has 1 saturated heterocycles. The van der Waals surface area contributed by atoms with Gasteiger partial charge in [0.1, 0.15) is 6.20 Å². The zero-order valence-electron chi connectivity index (χ0n) is 9.96. The smallest absolute Gasteiger partial charge is 0.288 e. The number of rotatable bonds is 2. The topological polar surface area (TPSA) is 85.6 Å². The van der Waals surface area contributed by atoms with Crippen LogP contribution in [0.4, 0.5) is 5.69 Å². The van der Waals surface area contributed by atoms with E-state index in [0.29, 0.717) is 32.0 Å². The fourth-order valence-corrected chi connectivity index (χ4v) is 1.78. The third-order valence-electron chi connectivity index (χ3n) is 2.81. The van der Waals surface area contributed by atoms with Gasteiger partial charge in [-0.05, 0) is 6.92 Å². The minimum absolute atomic E-state index is 0.169. The Bertz CT molecular complexity index is 483. The molecule has 2 heterocycles. The lowest BCUT2D eigenvalue weighted by molar-refractivity contribution is -0.385. The maximum atomic E-state index is 12.2. The fraction of sp³-hybridized carbons (Fsp3) is 0.455. The molecule has 0 N–H and O–H groups in total. The minimum Gasteiger partial charge on any atom is -0.378 e. The number of ether oxygens (including phenoxy) is 1. The van der Waals surface area contributed by atoms with Crippen LogP contribution in [0.2, 0.25) is 0 Å². The maximum Gasteiger partial charge on any atom is 0.288 e. The monoisotopic (exact) mass is 251 g/mol. The molecule has 1 aromatic heterocycles. The molecule has 0 aliphatic carbocycles. The van der Waals surface area contributed by atoms with Gasteiger partial charge in [-0.25, -0.2) is 0 Å². The summed E-state index contributed by atoms with van der Waals surface area (Å²) in [4.78, 5) is 27.9. The van der Waals surface area contributed by atoms with Gasteiger partial charge in [0.2, 0.25) is 0 Å². The van der Waals surface area contributed by atoms with Crippen LogP contribution >= 0.6 is 0 Å². The molecule has 7 heteroatoms. The Morgan fingerprint density at radius 1 is 1.50 bits per heavy atom. The van der Waals surface area contributed by atoms with E-state index in [9.17, 15) is 14.9 Å². The van der Waals surface area contributed by atoms with Crippen LogP contribution in [-0.2, 0) is 4.74 Å². The first kappa shape index (κ1) is 12.4. The van der Waals surface area contributed by atoms with E-state index in [2.05, 4.69) is 4.98 Å². The lowest BCUT2D eigenvalue weighted by atomic mass is 10.1. The molecule has 0 atom stereocenters. The van der Waals surface area contributed by atoms with Crippen LogP contribution in [0.5, 0.6) is 0 Å². The molecule has 1 aliphatic heterocycles. The van der Waals surface area contributed by atoms with Gasteiger partial charge in [0.05, 0.1) is 29.4 Å². The highest BCUT2D eigenvalue weighted by Gasteiger charge is 2.22. The van der Waals surface area contributed by atoms with E-state index in [1.54, 1.807) is 11.8 Å². The molecule has 0 radical (unpaired) electrons. The number of hydrogen-bond acceptors (Lipinski definition) is 5. The van der Waals surface area contributed by atoms with Crippen molar-refractivity contribution >= 4 is 11.6 Å². The first-order valence-corrected chi connectivity index (χ1v) is 5.57. The molecule has 0 aromatic carbocycles. The van der Waals surface area contributed by atoms with E-state index in [4.69, 9.17) is 4.74 Å². The van der Waals surface area contributed by atoms with Crippen LogP contribution < -0.4 is 0 Å². The average Bonchev–Trinajstić information content (AvgIpc) is 2.39. The predicted octanol–water partition coefficient (Wildman–Crippen LogP) is 0.771. The van der Waals surface area contributed by atoms with E-state index in [0.717, 1.165) is 6.20 Å². The number of aryl methyl sites for hydroxylation is 1. The van der Waals surface area contributed by atoms with E-state index < -0.39 is 4.92 Å². The van der Waals surface area contributed by atoms with Gasteiger partial charge in [0.15, 0.2) is 0 Å². The second kappa shape index (κ2) is 5.09. The van der Waals surface area contributed by atoms with Gasteiger partial charge in [0, 0.05) is 19.2 Å². The summed E-state index contributed by atoms with van der Waals surface area (Å²) in [6, 6.07) is 1.28. The highest BCUT2D eigenvalue weighted by Crippen LogP contribution is 2.17. The summed E-state index contributed by atoms with van der Waals surface area (Å²) in [5.41, 5.74) is 0.611. The van der Waals surface area contributed by atoms with Crippen LogP contribution in [0.1, 0.15) is 16.1 Å². The molecular formula is C11H13N3O4. The zero-order valence-corrected chi connectivity index (χ0v) is 9.96. The molecule has 1 fully saturated rings. The number of aromatic nitrogens is 1. The summed E-state index contributed by atoms with van der Waals surface area (Å²) in [6.45, 7) is 3.65. The molecule has 96 valence electrons. The van der Waals surface area contributed by atoms with Gasteiger partial charge < -0.3 is 9.64 Å². The molecule has 0 bridgehead atoms. The first-order chi connectivity index (χ1) is 8.59. The normalized spacial score (nSPS) is 15.5. The molecule has 7 nitrogen and oxygen atoms in total. The Balaban J connectivity index is 2.28. The molecule has 0 spiro atoms. The zero-order chi connectivity index (χ0) is 13.1. The van der Waals surface area contributed by atoms with Gasteiger partial charge >= 0.3 is 0 Å². The van der Waals surface area contributed by atoms with Gasteiger partial charge in [-0.2, -0.15) is 0 Å². The highest BCUT2D eigenvalue weighted by molar-refractivity contribution is 5.95. The second-order valence-corrected chi connectivity index (χ2v) is 3.99. The highest BCUT2D eigenvalue weighted by atomic mass is 16.6. The molecule has 1 aromatic rings. The molecule has 0 unspecified atom stereocenters. The SMILES string of the molecule is Cc1ncc([N+](=O)[O-])cc1C(=O)N1CCOCC1. The standard InChI is InChI=1S/C11H13N3O4/c1-8-10(6-9(7-12-8)14(16)17)11(15)13-2-4-18-5-3-13/h6-7H,2-5H2,1H3. The number of pyridine rings is 1. The number of nitrogens with zero attached hydrogens (tertiary/aromatic N) is 3. The Kier molecular flexibility index (Phi) is 3.52. The van der Waals surface area contributed by atoms with Crippen molar-refractivity contribution in [3.8, 4) is 0 Å². The summed E-state index contributed by atoms with van der Waals surface area (Å²) < 4.78 is 5.16. The minimum atomic E-state index is -0.553. The Morgan fingerprint density at radius 2 is 2.17 bits per heavy atom. The van der Waals surface area contributed by atoms with E-state index in [1.807, 2.05) is 0 Å². The van der Waals surface area contributed by atoms with Crippen molar-refractivity contribution in [2.45, 2.75) is 6.92 Å². The molecular weight excluding hydrogens is 238 g/mol. The summed E-state index contributed by atoms with van der Waals surface area (Å²) in [7, 11) is 0. The van der Waals surface area contributed by atoms with Crippen molar-refractivity contribution in [3.63, 3.8) is 0 Å². The fourth-order valence-electron chi connectivity index (χ4n) is 1.78. The van der Waals surface area contributed by atoms with Crippen molar-refractivity contribution in [3.05, 3.63) is 33.6 Å². The first-order valence-electron chi connectivity index (χ1n) is 5.57. The van der Waals surface area contributed by atoms with Gasteiger partial charge in [-0.1, -0.05) is 0 Å². The van der Waals surface area contributed by atoms with Crippen molar-refractivity contribution in [1.82, 2.24) is 9.88 Å². The van der Waals surface area contributed by atoms with Gasteiger partial charge in [0.25, 0.3) is 11.6 Å². The van der Waals surface area contributed by atoms with Gasteiger partial charge in [-0.3, -0.25) is 19.9 Å². The predicted molar refractivity (Wildman–Crippen MR) is 62.4 cm³/mol. The molecule has 1 aliphatic rings. The second-order valence-electron chi connectivity index (χ2n) is 3.99. The summed E-state index contributed by atoms with van der Waals surface area (Å²) in [5.74, 6) is -0.230. The quantitative estimate of drug-likeness (QED) is 0.572. The largest absolute Gasteiger partial charge is 0.378 e. The Labute approximate surface area is 104 Å². The molecule has 18 heavy (non-hydrogen) atoms. The van der Waals surface area contributed by atoms with E-state index >= 15 is 0 Å². The summed E-state index contributed by atoms with van der Waals surface area (Å²) in [6.07, 6.45) is 1.16. The third-order valence-corrected chi connectivity index (χ3v) is 2.81. The molecule has 0 saturated carbocycles. The maximum absolute atomic E-state index is 12.2. The summed E-state index contributed by atoms with van der Waals surface area (Å²) >= 11 is 0. The van der Waals surface area contributed by atoms with Crippen LogP contribution in [0.15, 0.2) is 12.3 Å². The number of morpholine rings is 1. The number of nitro groups is 1. The van der Waals surface area contributed by atoms with Crippen LogP contribution in [0.25, 0.3) is 0 Å². The lowest BCUT2D eigenvalue weighted by Gasteiger charge is -2.27. The van der Waals surface area contributed by atoms with Crippen molar-refractivity contribution in [1.29, 1.82) is 0 Å². The van der Waals surface area contributed by atoms with Crippen LogP contribution in [0, 0.1) is 17.0 Å². The Hall–Kier alpha value is -2.02.